The molecule has 0 bridgehead atoms. The van der Waals surface area contributed by atoms with Crippen molar-refractivity contribution in [1.82, 2.24) is 0 Å². The maximum Gasteiger partial charge on any atom is 0.394 e. The van der Waals surface area contributed by atoms with Gasteiger partial charge < -0.3 is 10.4 Å². The van der Waals surface area contributed by atoms with E-state index < -0.39 is 11.9 Å². The predicted octanol–water partition coefficient (Wildman–Crippen LogP) is 3.74. The van der Waals surface area contributed by atoms with Gasteiger partial charge >= 0.3 is 11.9 Å². The molecule has 112 valence electrons. The summed E-state index contributed by atoms with van der Waals surface area (Å²) >= 11 is 0. The van der Waals surface area contributed by atoms with Gasteiger partial charge in [-0.15, -0.1) is 0 Å². The summed E-state index contributed by atoms with van der Waals surface area (Å²) in [6.45, 7) is 3.70. The minimum atomic E-state index is -1.53. The lowest BCUT2D eigenvalue weighted by Gasteiger charge is -2.06. The maximum atomic E-state index is 11.1. The molecule has 0 saturated carbocycles. The molecule has 22 heavy (non-hydrogen) atoms. The van der Waals surface area contributed by atoms with Crippen LogP contribution < -0.4 is 5.32 Å². The zero-order valence-electron chi connectivity index (χ0n) is 12.2. The van der Waals surface area contributed by atoms with Crippen molar-refractivity contribution in [3.63, 3.8) is 0 Å². The number of rotatable bonds is 3. The summed E-state index contributed by atoms with van der Waals surface area (Å²) in [6, 6.07) is 12.6. The number of benzene rings is 2. The molecule has 2 rings (SSSR count). The summed E-state index contributed by atoms with van der Waals surface area (Å²) in [7, 11) is 0. The number of anilines is 1. The van der Waals surface area contributed by atoms with Crippen molar-refractivity contribution in [2.75, 3.05) is 5.32 Å². The van der Waals surface area contributed by atoms with E-state index in [2.05, 4.69) is 15.5 Å². The second-order valence-corrected chi connectivity index (χ2v) is 4.74. The highest BCUT2D eigenvalue weighted by Gasteiger charge is 2.12. The Balaban J connectivity index is 2.18. The van der Waals surface area contributed by atoms with Gasteiger partial charge in [0.2, 0.25) is 0 Å². The second-order valence-electron chi connectivity index (χ2n) is 4.74. The Morgan fingerprint density at radius 3 is 2.36 bits per heavy atom. The number of nitrogens with zero attached hydrogens (tertiary/aromatic N) is 2. The first-order valence-electron chi connectivity index (χ1n) is 6.59. The van der Waals surface area contributed by atoms with Crippen LogP contribution in [0.25, 0.3) is 0 Å². The van der Waals surface area contributed by atoms with E-state index in [-0.39, 0.29) is 0 Å². The highest BCUT2D eigenvalue weighted by Crippen LogP contribution is 2.25. The molecule has 1 amide bonds. The Morgan fingerprint density at radius 1 is 1.00 bits per heavy atom. The maximum absolute atomic E-state index is 11.1. The summed E-state index contributed by atoms with van der Waals surface area (Å²) in [6.07, 6.45) is 0. The topological polar surface area (TPSA) is 91.1 Å². The van der Waals surface area contributed by atoms with Crippen molar-refractivity contribution in [3.8, 4) is 0 Å². The molecule has 0 atom stereocenters. The zero-order chi connectivity index (χ0) is 16.1. The fourth-order valence-electron chi connectivity index (χ4n) is 1.81. The Morgan fingerprint density at radius 2 is 1.73 bits per heavy atom. The van der Waals surface area contributed by atoms with Gasteiger partial charge in [-0.3, -0.25) is 4.79 Å². The summed E-state index contributed by atoms with van der Waals surface area (Å²) in [5.41, 5.74) is 3.56. The van der Waals surface area contributed by atoms with E-state index in [1.54, 1.807) is 25.1 Å². The number of hydrogen-bond donors (Lipinski definition) is 2. The van der Waals surface area contributed by atoms with Gasteiger partial charge in [0.1, 0.15) is 0 Å². The third kappa shape index (κ3) is 3.76. The van der Waals surface area contributed by atoms with E-state index in [4.69, 9.17) is 5.11 Å². The predicted molar refractivity (Wildman–Crippen MR) is 82.8 cm³/mol. The van der Waals surface area contributed by atoms with Gasteiger partial charge in [-0.1, -0.05) is 18.2 Å². The smallest absolute Gasteiger partial charge is 0.394 e. The van der Waals surface area contributed by atoms with Crippen LogP contribution in [-0.2, 0) is 9.59 Å². The van der Waals surface area contributed by atoms with E-state index in [9.17, 15) is 9.59 Å². The highest BCUT2D eigenvalue weighted by atomic mass is 16.4. The number of carbonyl (C=O) groups excluding carboxylic acids is 1. The molecule has 0 aromatic heterocycles. The quantitative estimate of drug-likeness (QED) is 0.667. The third-order valence-corrected chi connectivity index (χ3v) is 3.04. The van der Waals surface area contributed by atoms with Crippen molar-refractivity contribution >= 4 is 28.9 Å². The summed E-state index contributed by atoms with van der Waals surface area (Å²) in [4.78, 5) is 21.7. The molecule has 0 aliphatic heterocycles. The lowest BCUT2D eigenvalue weighted by Crippen LogP contribution is -2.22. The Kier molecular flexibility index (Phi) is 4.63. The number of azo groups is 1. The Hall–Kier alpha value is -3.02. The average Bonchev–Trinajstić information content (AvgIpc) is 2.48. The number of aryl methyl sites for hydroxylation is 2. The molecule has 0 aliphatic rings. The molecule has 2 N–H and O–H groups in total. The zero-order valence-corrected chi connectivity index (χ0v) is 12.2. The van der Waals surface area contributed by atoms with Crippen LogP contribution >= 0.6 is 0 Å². The number of carboxylic acids is 1. The van der Waals surface area contributed by atoms with Crippen LogP contribution in [0.4, 0.5) is 17.1 Å². The van der Waals surface area contributed by atoms with Crippen LogP contribution in [0.2, 0.25) is 0 Å². The number of amides is 1. The molecular weight excluding hydrogens is 282 g/mol. The Bertz CT molecular complexity index is 754. The molecule has 6 nitrogen and oxygen atoms in total. The van der Waals surface area contributed by atoms with Crippen molar-refractivity contribution in [3.05, 3.63) is 53.6 Å². The molecule has 0 saturated heterocycles. The molecule has 0 radical (unpaired) electrons. The normalized spacial score (nSPS) is 10.6. The number of hydrogen-bond acceptors (Lipinski definition) is 4. The van der Waals surface area contributed by atoms with Crippen LogP contribution in [0.3, 0.4) is 0 Å². The second kappa shape index (κ2) is 6.62. The lowest BCUT2D eigenvalue weighted by molar-refractivity contribution is -0.147. The van der Waals surface area contributed by atoms with E-state index in [0.717, 1.165) is 11.3 Å². The van der Waals surface area contributed by atoms with Crippen LogP contribution in [-0.4, -0.2) is 17.0 Å². The third-order valence-electron chi connectivity index (χ3n) is 3.04. The molecule has 0 fully saturated rings. The molecule has 0 heterocycles. The van der Waals surface area contributed by atoms with Crippen LogP contribution in [0.15, 0.2) is 52.7 Å². The van der Waals surface area contributed by atoms with Gasteiger partial charge in [-0.05, 0) is 49.2 Å². The summed E-state index contributed by atoms with van der Waals surface area (Å²) in [5, 5.41) is 19.2. The standard InChI is InChI=1S/C16H15N3O3/c1-10-5-3-4-6-14(10)19-18-12-7-8-13(11(2)9-12)17-15(20)16(21)22/h3-9H,1-2H3,(H,17,20)(H,21,22). The van der Waals surface area contributed by atoms with Gasteiger partial charge in [0.05, 0.1) is 11.4 Å². The Labute approximate surface area is 127 Å². The van der Waals surface area contributed by atoms with E-state index in [0.29, 0.717) is 16.9 Å². The van der Waals surface area contributed by atoms with Gasteiger partial charge in [-0.25, -0.2) is 4.79 Å². The number of aliphatic carboxylic acids is 1. The summed E-state index contributed by atoms with van der Waals surface area (Å²) < 4.78 is 0. The molecule has 0 spiro atoms. The fourth-order valence-corrected chi connectivity index (χ4v) is 1.81. The van der Waals surface area contributed by atoms with Gasteiger partial charge in [0.25, 0.3) is 0 Å². The first-order valence-corrected chi connectivity index (χ1v) is 6.59. The van der Waals surface area contributed by atoms with E-state index in [1.807, 2.05) is 31.2 Å². The SMILES string of the molecule is Cc1ccccc1N=Nc1ccc(NC(=O)C(=O)O)c(C)c1. The lowest BCUT2D eigenvalue weighted by atomic mass is 10.2. The van der Waals surface area contributed by atoms with Gasteiger partial charge in [-0.2, -0.15) is 10.2 Å². The van der Waals surface area contributed by atoms with Crippen molar-refractivity contribution in [1.29, 1.82) is 0 Å². The molecule has 0 unspecified atom stereocenters. The first kappa shape index (κ1) is 15.4. The minimum absolute atomic E-state index is 0.433. The first-order chi connectivity index (χ1) is 10.5. The van der Waals surface area contributed by atoms with Gasteiger partial charge in [0, 0.05) is 5.69 Å². The van der Waals surface area contributed by atoms with E-state index >= 15 is 0 Å². The van der Waals surface area contributed by atoms with Gasteiger partial charge in [0.15, 0.2) is 0 Å². The number of nitrogens with one attached hydrogen (secondary N) is 1. The molecule has 6 heteroatoms. The largest absolute Gasteiger partial charge is 0.474 e. The van der Waals surface area contributed by atoms with Crippen LogP contribution in [0.5, 0.6) is 0 Å². The minimum Gasteiger partial charge on any atom is -0.474 e. The number of carbonyl (C=O) groups is 2. The molecule has 2 aromatic rings. The monoisotopic (exact) mass is 297 g/mol. The van der Waals surface area contributed by atoms with Crippen molar-refractivity contribution < 1.29 is 14.7 Å². The average molecular weight is 297 g/mol. The highest BCUT2D eigenvalue weighted by molar-refractivity contribution is 6.36. The van der Waals surface area contributed by atoms with E-state index in [1.165, 1.54) is 0 Å². The molecule has 2 aromatic carbocycles. The van der Waals surface area contributed by atoms with Crippen LogP contribution in [0, 0.1) is 13.8 Å². The molecule has 0 aliphatic carbocycles. The molecular formula is C16H15N3O3. The van der Waals surface area contributed by atoms with Crippen molar-refractivity contribution in [2.45, 2.75) is 13.8 Å². The van der Waals surface area contributed by atoms with Crippen LogP contribution in [0.1, 0.15) is 11.1 Å². The fraction of sp³-hybridized carbons (Fsp3) is 0.125. The number of carboxylic acid groups (broad SMARTS) is 1. The van der Waals surface area contributed by atoms with Crippen molar-refractivity contribution in [2.24, 2.45) is 10.2 Å². The summed E-state index contributed by atoms with van der Waals surface area (Å²) in [5.74, 6) is -2.60.